The van der Waals surface area contributed by atoms with E-state index >= 15 is 0 Å². The largest absolute Gasteiger partial charge is 1.00 e. The molecule has 1 amide bonds. The van der Waals surface area contributed by atoms with Gasteiger partial charge in [-0.3, -0.25) is 9.69 Å². The zero-order valence-corrected chi connectivity index (χ0v) is 11.2. The van der Waals surface area contributed by atoms with Crippen molar-refractivity contribution in [2.24, 2.45) is 5.73 Å². The molecule has 13 heavy (non-hydrogen) atoms. The monoisotopic (exact) mass is 211 g/mol. The first kappa shape index (κ1) is 14.0. The maximum absolute atomic E-state index is 10.9. The Kier molecular flexibility index (Phi) is 7.85. The van der Waals surface area contributed by atoms with Crippen molar-refractivity contribution in [1.29, 1.82) is 0 Å². The number of hydrogen-bond donors (Lipinski definition) is 1. The fourth-order valence-corrected chi connectivity index (χ4v) is 1.27. The van der Waals surface area contributed by atoms with Crippen LogP contribution in [0.2, 0.25) is 0 Å². The summed E-state index contributed by atoms with van der Waals surface area (Å²) in [6, 6.07) is 0. The van der Waals surface area contributed by atoms with Gasteiger partial charge in [0.05, 0.1) is 0 Å². The van der Waals surface area contributed by atoms with E-state index in [1.807, 2.05) is 0 Å². The van der Waals surface area contributed by atoms with E-state index in [2.05, 4.69) is 4.90 Å². The molecule has 1 aliphatic rings. The molecule has 0 spiro atoms. The fraction of sp³-hybridized carbons (Fsp3) is 0.857. The maximum Gasteiger partial charge on any atom is 1.00 e. The molecule has 0 bridgehead atoms. The molecule has 0 unspecified atom stereocenters. The van der Waals surface area contributed by atoms with Crippen LogP contribution in [0.5, 0.6) is 0 Å². The maximum atomic E-state index is 10.9. The summed E-state index contributed by atoms with van der Waals surface area (Å²) in [7, 11) is 0. The van der Waals surface area contributed by atoms with Crippen molar-refractivity contribution in [3.05, 3.63) is 0 Å². The number of carbonyl (C=O) groups is 1. The molecule has 0 radical (unpaired) electrons. The van der Waals surface area contributed by atoms with Crippen LogP contribution in [0.1, 0.15) is 0 Å². The van der Waals surface area contributed by atoms with Gasteiger partial charge in [0.15, 0.2) is 0 Å². The molecule has 2 N–H and O–H groups in total. The minimum Gasteiger partial charge on any atom is -0.848 e. The zero-order chi connectivity index (χ0) is 8.97. The molecule has 0 atom stereocenters. The average Bonchev–Trinajstić information content (AvgIpc) is 2.17. The summed E-state index contributed by atoms with van der Waals surface area (Å²) in [5, 5.41) is 10.3. The first-order valence-electron chi connectivity index (χ1n) is 4.06. The molecule has 5 nitrogen and oxygen atoms in total. The van der Waals surface area contributed by atoms with Gasteiger partial charge in [0.1, 0.15) is 0 Å². The molecular formula is C7H14KN3O2. The van der Waals surface area contributed by atoms with Crippen LogP contribution in [-0.2, 0) is 4.79 Å². The van der Waals surface area contributed by atoms with Crippen LogP contribution in [0.3, 0.4) is 0 Å². The predicted octanol–water partition coefficient (Wildman–Crippen LogP) is -5.59. The summed E-state index contributed by atoms with van der Waals surface area (Å²) < 4.78 is 0. The van der Waals surface area contributed by atoms with Crippen LogP contribution in [0.4, 0.5) is 0 Å². The Morgan fingerprint density at radius 2 is 1.85 bits per heavy atom. The first-order valence-corrected chi connectivity index (χ1v) is 4.06. The summed E-state index contributed by atoms with van der Waals surface area (Å²) in [6.07, 6.45) is 0. The van der Waals surface area contributed by atoms with Crippen LogP contribution >= 0.6 is 0 Å². The van der Waals surface area contributed by atoms with Gasteiger partial charge in [0.25, 0.3) is 0 Å². The number of carbonyl (C=O) groups excluding carboxylic acids is 1. The van der Waals surface area contributed by atoms with Gasteiger partial charge in [-0.25, -0.2) is 0 Å². The first-order chi connectivity index (χ1) is 5.77. The molecule has 0 aromatic heterocycles. The SMILES string of the molecule is NCN1CCN(C(=O)C[O-])CC1.[K+]. The molecule has 6 heteroatoms. The summed E-state index contributed by atoms with van der Waals surface area (Å²) in [4.78, 5) is 14.6. The molecule has 1 fully saturated rings. The number of nitrogens with two attached hydrogens (primary N) is 1. The van der Waals surface area contributed by atoms with E-state index in [9.17, 15) is 9.90 Å². The van der Waals surface area contributed by atoms with E-state index in [1.54, 1.807) is 4.90 Å². The average molecular weight is 211 g/mol. The van der Waals surface area contributed by atoms with Crippen LogP contribution in [0.15, 0.2) is 0 Å². The molecule has 70 valence electrons. The van der Waals surface area contributed by atoms with Crippen molar-refractivity contribution < 1.29 is 61.3 Å². The van der Waals surface area contributed by atoms with E-state index in [0.717, 1.165) is 13.1 Å². The van der Waals surface area contributed by atoms with Gasteiger partial charge in [-0.15, -0.1) is 0 Å². The Balaban J connectivity index is 0.00000144. The van der Waals surface area contributed by atoms with Crippen molar-refractivity contribution in [2.45, 2.75) is 0 Å². The molecule has 0 aromatic carbocycles. The molecule has 1 aliphatic heterocycles. The summed E-state index contributed by atoms with van der Waals surface area (Å²) >= 11 is 0. The predicted molar refractivity (Wildman–Crippen MR) is 42.1 cm³/mol. The van der Waals surface area contributed by atoms with Crippen molar-refractivity contribution in [1.82, 2.24) is 9.80 Å². The number of hydrogen-bond acceptors (Lipinski definition) is 4. The zero-order valence-electron chi connectivity index (χ0n) is 8.03. The molecule has 1 rings (SSSR count). The van der Waals surface area contributed by atoms with Gasteiger partial charge < -0.3 is 15.7 Å². The number of piperazine rings is 1. The number of amides is 1. The van der Waals surface area contributed by atoms with Crippen molar-refractivity contribution in [3.63, 3.8) is 0 Å². The second kappa shape index (κ2) is 7.30. The Labute approximate surface area is 121 Å². The van der Waals surface area contributed by atoms with E-state index < -0.39 is 6.61 Å². The minimum atomic E-state index is -0.636. The molecule has 0 aliphatic carbocycles. The van der Waals surface area contributed by atoms with Gasteiger partial charge in [-0.05, 0) is 0 Å². The minimum absolute atomic E-state index is 0. The van der Waals surface area contributed by atoms with Gasteiger partial charge >= 0.3 is 51.4 Å². The van der Waals surface area contributed by atoms with E-state index in [1.165, 1.54) is 0 Å². The molecule has 1 heterocycles. The van der Waals surface area contributed by atoms with Crippen LogP contribution in [-0.4, -0.2) is 55.2 Å². The second-order valence-electron chi connectivity index (χ2n) is 2.83. The second-order valence-corrected chi connectivity index (χ2v) is 2.83. The van der Waals surface area contributed by atoms with Crippen LogP contribution in [0, 0.1) is 0 Å². The summed E-state index contributed by atoms with van der Waals surface area (Å²) in [5.41, 5.74) is 5.42. The Morgan fingerprint density at radius 3 is 2.23 bits per heavy atom. The van der Waals surface area contributed by atoms with E-state index in [4.69, 9.17) is 5.73 Å². The molecule has 0 aromatic rings. The van der Waals surface area contributed by atoms with Crippen LogP contribution < -0.4 is 62.2 Å². The summed E-state index contributed by atoms with van der Waals surface area (Å²) in [6.45, 7) is 2.73. The van der Waals surface area contributed by atoms with Crippen LogP contribution in [0.25, 0.3) is 0 Å². The molecular weight excluding hydrogens is 197 g/mol. The summed E-state index contributed by atoms with van der Waals surface area (Å²) in [5.74, 6) is -0.299. The van der Waals surface area contributed by atoms with Gasteiger partial charge in [-0.2, -0.15) is 0 Å². The standard InChI is InChI=1S/C7H14N3O2.K/c8-6-9-1-3-10(4-2-9)7(12)5-11;/h1-6,8H2;/q-1;+1. The van der Waals surface area contributed by atoms with Gasteiger partial charge in [0, 0.05) is 32.8 Å². The Morgan fingerprint density at radius 1 is 1.31 bits per heavy atom. The van der Waals surface area contributed by atoms with E-state index in [0.29, 0.717) is 19.8 Å². The Bertz CT molecular complexity index is 160. The number of rotatable bonds is 2. The Hall–Kier alpha value is 0.986. The van der Waals surface area contributed by atoms with E-state index in [-0.39, 0.29) is 57.3 Å². The van der Waals surface area contributed by atoms with Gasteiger partial charge in [0.2, 0.25) is 5.91 Å². The van der Waals surface area contributed by atoms with Crippen molar-refractivity contribution in [3.8, 4) is 0 Å². The quantitative estimate of drug-likeness (QED) is 0.462. The topological polar surface area (TPSA) is 72.6 Å². The third-order valence-corrected chi connectivity index (χ3v) is 2.11. The third-order valence-electron chi connectivity index (χ3n) is 2.11. The molecule has 0 saturated carbocycles. The fourth-order valence-electron chi connectivity index (χ4n) is 1.27. The third kappa shape index (κ3) is 4.35. The van der Waals surface area contributed by atoms with Gasteiger partial charge in [-0.1, -0.05) is 6.61 Å². The normalized spacial score (nSPS) is 18.2. The van der Waals surface area contributed by atoms with Crippen molar-refractivity contribution >= 4 is 5.91 Å². The number of nitrogens with zero attached hydrogens (tertiary/aromatic N) is 2. The van der Waals surface area contributed by atoms with Crippen molar-refractivity contribution in [2.75, 3.05) is 39.5 Å². The molecule has 1 saturated heterocycles. The smallest absolute Gasteiger partial charge is 0.848 e.